The number of carbonyl (C=O) groups excluding carboxylic acids is 1. The van der Waals surface area contributed by atoms with E-state index in [9.17, 15) is 13.6 Å². The van der Waals surface area contributed by atoms with Gasteiger partial charge in [0.05, 0.1) is 0 Å². The molecule has 0 aromatic heterocycles. The molecule has 1 saturated heterocycles. The van der Waals surface area contributed by atoms with Crippen LogP contribution in [0.3, 0.4) is 0 Å². The maximum atomic E-state index is 12.2. The van der Waals surface area contributed by atoms with Gasteiger partial charge in [0.1, 0.15) is 5.75 Å². The summed E-state index contributed by atoms with van der Waals surface area (Å²) >= 11 is 0. The predicted molar refractivity (Wildman–Crippen MR) is 114 cm³/mol. The molecule has 2 aromatic rings. The summed E-state index contributed by atoms with van der Waals surface area (Å²) in [5, 5.41) is 3.05. The second kappa shape index (κ2) is 11.1. The molecule has 1 amide bonds. The predicted octanol–water partition coefficient (Wildman–Crippen LogP) is 4.56. The van der Waals surface area contributed by atoms with E-state index in [0.717, 1.165) is 44.6 Å². The third kappa shape index (κ3) is 7.41. The summed E-state index contributed by atoms with van der Waals surface area (Å²) in [6.07, 6.45) is 3.16. The quantitative estimate of drug-likeness (QED) is 0.652. The number of ether oxygens (including phenoxy) is 1. The first kappa shape index (κ1) is 22.2. The molecule has 0 radical (unpaired) electrons. The summed E-state index contributed by atoms with van der Waals surface area (Å²) in [6.45, 7) is 3.10. The highest BCUT2D eigenvalue weighted by Crippen LogP contribution is 2.19. The summed E-state index contributed by atoms with van der Waals surface area (Å²) in [5.74, 6) is 0.686. The summed E-state index contributed by atoms with van der Waals surface area (Å²) in [4.78, 5) is 14.6. The zero-order chi connectivity index (χ0) is 21.3. The van der Waals surface area contributed by atoms with Gasteiger partial charge in [0.25, 0.3) is 0 Å². The van der Waals surface area contributed by atoms with E-state index in [1.54, 1.807) is 12.1 Å². The number of hydrogen-bond donors (Lipinski definition) is 1. The van der Waals surface area contributed by atoms with Crippen molar-refractivity contribution in [1.82, 2.24) is 10.2 Å². The summed E-state index contributed by atoms with van der Waals surface area (Å²) < 4.78 is 28.7. The van der Waals surface area contributed by atoms with Crippen LogP contribution in [0.4, 0.5) is 8.78 Å². The van der Waals surface area contributed by atoms with Crippen LogP contribution in [0.2, 0.25) is 0 Å². The second-order valence-corrected chi connectivity index (χ2v) is 8.03. The Morgan fingerprint density at radius 2 is 1.70 bits per heavy atom. The Morgan fingerprint density at radius 1 is 1.07 bits per heavy atom. The van der Waals surface area contributed by atoms with Gasteiger partial charge in [0.2, 0.25) is 5.91 Å². The third-order valence-corrected chi connectivity index (χ3v) is 5.61. The minimum Gasteiger partial charge on any atom is -0.435 e. The van der Waals surface area contributed by atoms with Crippen LogP contribution in [0.25, 0.3) is 0 Å². The Labute approximate surface area is 177 Å². The lowest BCUT2D eigenvalue weighted by atomic mass is 9.96. The Hall–Kier alpha value is -2.47. The minimum atomic E-state index is -2.82. The van der Waals surface area contributed by atoms with E-state index >= 15 is 0 Å². The van der Waals surface area contributed by atoms with E-state index in [-0.39, 0.29) is 11.7 Å². The summed E-state index contributed by atoms with van der Waals surface area (Å²) in [7, 11) is 0. The van der Waals surface area contributed by atoms with Crippen molar-refractivity contribution in [3.63, 3.8) is 0 Å². The van der Waals surface area contributed by atoms with Crippen LogP contribution in [0.5, 0.6) is 5.75 Å². The van der Waals surface area contributed by atoms with Gasteiger partial charge in [-0.2, -0.15) is 8.78 Å². The molecule has 30 heavy (non-hydrogen) atoms. The normalized spacial score (nSPS) is 15.3. The number of halogens is 2. The standard InChI is InChI=1S/C24H30F2N2O2/c1-18-2-4-21(5-3-18)17-28-14-12-20(13-15-28)16-27-23(29)11-8-19-6-9-22(10-7-19)30-24(25)26/h2-7,9-10,20,24H,8,11-17H2,1H3,(H,27,29). The Morgan fingerprint density at radius 3 is 2.33 bits per heavy atom. The number of aryl methyl sites for hydroxylation is 2. The van der Waals surface area contributed by atoms with Gasteiger partial charge in [-0.3, -0.25) is 9.69 Å². The molecule has 2 aromatic carbocycles. The molecule has 1 fully saturated rings. The second-order valence-electron chi connectivity index (χ2n) is 8.03. The Kier molecular flexibility index (Phi) is 8.20. The van der Waals surface area contributed by atoms with Gasteiger partial charge in [-0.05, 0) is 68.5 Å². The summed E-state index contributed by atoms with van der Waals surface area (Å²) in [5.41, 5.74) is 3.56. The topological polar surface area (TPSA) is 41.6 Å². The highest BCUT2D eigenvalue weighted by molar-refractivity contribution is 5.76. The Balaban J connectivity index is 1.31. The fourth-order valence-corrected chi connectivity index (χ4v) is 3.74. The fraction of sp³-hybridized carbons (Fsp3) is 0.458. The van der Waals surface area contributed by atoms with Crippen LogP contribution in [-0.4, -0.2) is 37.1 Å². The molecule has 1 aliphatic heterocycles. The number of carbonyl (C=O) groups is 1. The smallest absolute Gasteiger partial charge is 0.387 e. The third-order valence-electron chi connectivity index (χ3n) is 5.61. The first-order chi connectivity index (χ1) is 14.5. The number of piperidine rings is 1. The monoisotopic (exact) mass is 416 g/mol. The van der Waals surface area contributed by atoms with Crippen molar-refractivity contribution in [3.05, 3.63) is 65.2 Å². The lowest BCUT2D eigenvalue weighted by molar-refractivity contribution is -0.121. The number of hydrogen-bond acceptors (Lipinski definition) is 3. The molecule has 0 unspecified atom stereocenters. The first-order valence-corrected chi connectivity index (χ1v) is 10.6. The van der Waals surface area contributed by atoms with Gasteiger partial charge in [-0.1, -0.05) is 42.0 Å². The molecule has 0 saturated carbocycles. The van der Waals surface area contributed by atoms with E-state index in [1.807, 2.05) is 0 Å². The van der Waals surface area contributed by atoms with Crippen molar-refractivity contribution in [2.45, 2.75) is 45.8 Å². The van der Waals surface area contributed by atoms with E-state index in [4.69, 9.17) is 0 Å². The van der Waals surface area contributed by atoms with Gasteiger partial charge < -0.3 is 10.1 Å². The molecule has 3 rings (SSSR count). The molecule has 0 aliphatic carbocycles. The van der Waals surface area contributed by atoms with E-state index in [2.05, 4.69) is 46.1 Å². The maximum absolute atomic E-state index is 12.2. The molecule has 4 nitrogen and oxygen atoms in total. The van der Waals surface area contributed by atoms with Gasteiger partial charge in [-0.25, -0.2) is 0 Å². The summed E-state index contributed by atoms with van der Waals surface area (Å²) in [6, 6.07) is 15.1. The van der Waals surface area contributed by atoms with Crippen LogP contribution in [-0.2, 0) is 17.8 Å². The van der Waals surface area contributed by atoms with Crippen molar-refractivity contribution >= 4 is 5.91 Å². The largest absolute Gasteiger partial charge is 0.435 e. The number of likely N-dealkylation sites (tertiary alicyclic amines) is 1. The van der Waals surface area contributed by atoms with Crippen molar-refractivity contribution < 1.29 is 18.3 Å². The van der Waals surface area contributed by atoms with Crippen LogP contribution in [0, 0.1) is 12.8 Å². The van der Waals surface area contributed by atoms with Crippen molar-refractivity contribution in [2.24, 2.45) is 5.92 Å². The van der Waals surface area contributed by atoms with Crippen LogP contribution >= 0.6 is 0 Å². The van der Waals surface area contributed by atoms with Crippen molar-refractivity contribution in [3.8, 4) is 5.75 Å². The van der Waals surface area contributed by atoms with Crippen molar-refractivity contribution in [2.75, 3.05) is 19.6 Å². The molecule has 0 bridgehead atoms. The van der Waals surface area contributed by atoms with E-state index < -0.39 is 6.61 Å². The molecular weight excluding hydrogens is 386 g/mol. The van der Waals surface area contributed by atoms with Crippen LogP contribution in [0.1, 0.15) is 36.0 Å². The molecule has 0 spiro atoms. The van der Waals surface area contributed by atoms with Gasteiger partial charge in [0.15, 0.2) is 0 Å². The highest BCUT2D eigenvalue weighted by Gasteiger charge is 2.19. The SMILES string of the molecule is Cc1ccc(CN2CCC(CNC(=O)CCc3ccc(OC(F)F)cc3)CC2)cc1. The molecule has 1 aliphatic rings. The maximum Gasteiger partial charge on any atom is 0.387 e. The Bertz CT molecular complexity index is 786. The average Bonchev–Trinajstić information content (AvgIpc) is 2.74. The molecule has 0 atom stereocenters. The zero-order valence-corrected chi connectivity index (χ0v) is 17.4. The molecule has 1 N–H and O–H groups in total. The van der Waals surface area contributed by atoms with E-state index in [1.165, 1.54) is 23.3 Å². The number of alkyl halides is 2. The van der Waals surface area contributed by atoms with Gasteiger partial charge >= 0.3 is 6.61 Å². The number of nitrogens with one attached hydrogen (secondary N) is 1. The molecule has 1 heterocycles. The average molecular weight is 417 g/mol. The van der Waals surface area contributed by atoms with Crippen LogP contribution in [0.15, 0.2) is 48.5 Å². The van der Waals surface area contributed by atoms with E-state index in [0.29, 0.717) is 18.8 Å². The minimum absolute atomic E-state index is 0.0324. The number of amides is 1. The zero-order valence-electron chi connectivity index (χ0n) is 17.4. The van der Waals surface area contributed by atoms with Crippen LogP contribution < -0.4 is 10.1 Å². The number of nitrogens with zero attached hydrogens (tertiary/aromatic N) is 1. The van der Waals surface area contributed by atoms with Gasteiger partial charge in [0, 0.05) is 19.5 Å². The molecule has 6 heteroatoms. The molecule has 162 valence electrons. The van der Waals surface area contributed by atoms with Gasteiger partial charge in [-0.15, -0.1) is 0 Å². The lowest BCUT2D eigenvalue weighted by Gasteiger charge is -2.32. The lowest BCUT2D eigenvalue weighted by Crippen LogP contribution is -2.38. The number of benzene rings is 2. The van der Waals surface area contributed by atoms with Crippen molar-refractivity contribution in [1.29, 1.82) is 0 Å². The molecular formula is C24H30F2N2O2. The fourth-order valence-electron chi connectivity index (χ4n) is 3.74. The highest BCUT2D eigenvalue weighted by atomic mass is 19.3. The first-order valence-electron chi connectivity index (χ1n) is 10.6. The number of rotatable bonds is 9.